The number of aromatic nitrogens is 2. The Morgan fingerprint density at radius 3 is 2.63 bits per heavy atom. The highest BCUT2D eigenvalue weighted by atomic mass is 79.9. The lowest BCUT2D eigenvalue weighted by Crippen LogP contribution is -2.22. The Balaban J connectivity index is 2.42. The van der Waals surface area contributed by atoms with Crippen LogP contribution in [0.1, 0.15) is 30.8 Å². The zero-order chi connectivity index (χ0) is 14.0. The van der Waals surface area contributed by atoms with Gasteiger partial charge in [-0.3, -0.25) is 0 Å². The molecule has 2 aromatic rings. The summed E-state index contributed by atoms with van der Waals surface area (Å²) in [5.41, 5.74) is 4.72. The van der Waals surface area contributed by atoms with Crippen molar-refractivity contribution in [2.24, 2.45) is 0 Å². The highest BCUT2D eigenvalue weighted by Crippen LogP contribution is 2.22. The van der Waals surface area contributed by atoms with Crippen LogP contribution in [0.25, 0.3) is 5.69 Å². The van der Waals surface area contributed by atoms with Crippen molar-refractivity contribution in [2.45, 2.75) is 40.3 Å². The predicted molar refractivity (Wildman–Crippen MR) is 82.7 cm³/mol. The molecular weight excluding hydrogens is 302 g/mol. The molecule has 1 aromatic carbocycles. The van der Waals surface area contributed by atoms with E-state index in [9.17, 15) is 0 Å². The van der Waals surface area contributed by atoms with Crippen LogP contribution in [-0.4, -0.2) is 15.6 Å². The number of imidazole rings is 1. The molecule has 0 aliphatic rings. The summed E-state index contributed by atoms with van der Waals surface area (Å²) in [5.74, 6) is 0. The Morgan fingerprint density at radius 2 is 2.05 bits per heavy atom. The third-order valence-corrected chi connectivity index (χ3v) is 3.75. The van der Waals surface area contributed by atoms with Crippen molar-refractivity contribution in [3.8, 4) is 5.69 Å². The van der Waals surface area contributed by atoms with Crippen LogP contribution in [0.2, 0.25) is 0 Å². The first-order chi connectivity index (χ1) is 8.99. The van der Waals surface area contributed by atoms with Gasteiger partial charge in [-0.25, -0.2) is 4.98 Å². The van der Waals surface area contributed by atoms with Gasteiger partial charge in [0.25, 0.3) is 0 Å². The van der Waals surface area contributed by atoms with Crippen LogP contribution in [0.15, 0.2) is 29.0 Å². The van der Waals surface area contributed by atoms with E-state index in [1.54, 1.807) is 0 Å². The number of benzene rings is 1. The normalized spacial score (nSPS) is 11.3. The maximum absolute atomic E-state index is 4.38. The smallest absolute Gasteiger partial charge is 0.0997 e. The maximum Gasteiger partial charge on any atom is 0.0997 e. The lowest BCUT2D eigenvalue weighted by Gasteiger charge is -2.15. The van der Waals surface area contributed by atoms with Gasteiger partial charge in [0.1, 0.15) is 0 Å². The quantitative estimate of drug-likeness (QED) is 0.929. The lowest BCUT2D eigenvalue weighted by molar-refractivity contribution is 0.587. The first-order valence-corrected chi connectivity index (χ1v) is 7.31. The first-order valence-electron chi connectivity index (χ1n) is 6.51. The third kappa shape index (κ3) is 3.25. The van der Waals surface area contributed by atoms with Gasteiger partial charge in [0, 0.05) is 22.8 Å². The van der Waals surface area contributed by atoms with Crippen LogP contribution < -0.4 is 5.32 Å². The molecule has 0 spiro atoms. The second-order valence-corrected chi connectivity index (χ2v) is 6.01. The molecule has 1 aromatic heterocycles. The van der Waals surface area contributed by atoms with Gasteiger partial charge in [-0.05, 0) is 37.6 Å². The van der Waals surface area contributed by atoms with Gasteiger partial charge in [0.15, 0.2) is 0 Å². The number of nitrogens with zero attached hydrogens (tertiary/aromatic N) is 2. The lowest BCUT2D eigenvalue weighted by atomic mass is 10.1. The van der Waals surface area contributed by atoms with E-state index < -0.39 is 0 Å². The minimum absolute atomic E-state index is 0.470. The summed E-state index contributed by atoms with van der Waals surface area (Å²) in [6.45, 7) is 9.30. The number of nitrogens with one attached hydrogen (secondary N) is 1. The summed E-state index contributed by atoms with van der Waals surface area (Å²) in [6, 6.07) is 6.84. The Bertz CT molecular complexity index is 573. The van der Waals surface area contributed by atoms with E-state index in [4.69, 9.17) is 0 Å². The molecule has 0 aliphatic carbocycles. The summed E-state index contributed by atoms with van der Waals surface area (Å²) < 4.78 is 3.25. The van der Waals surface area contributed by atoms with E-state index in [0.717, 1.165) is 16.7 Å². The van der Waals surface area contributed by atoms with Crippen molar-refractivity contribution in [3.05, 3.63) is 46.0 Å². The fourth-order valence-corrected chi connectivity index (χ4v) is 2.39. The minimum Gasteiger partial charge on any atom is -0.310 e. The second kappa shape index (κ2) is 5.88. The van der Waals surface area contributed by atoms with Crippen molar-refractivity contribution in [1.82, 2.24) is 14.9 Å². The van der Waals surface area contributed by atoms with Crippen molar-refractivity contribution in [1.29, 1.82) is 0 Å². The van der Waals surface area contributed by atoms with Crippen LogP contribution in [0.3, 0.4) is 0 Å². The number of rotatable bonds is 4. The number of halogens is 1. The Morgan fingerprint density at radius 1 is 1.32 bits per heavy atom. The number of hydrogen-bond donors (Lipinski definition) is 1. The molecule has 0 saturated carbocycles. The second-order valence-electron chi connectivity index (χ2n) is 5.09. The fourth-order valence-electron chi connectivity index (χ4n) is 1.99. The fraction of sp³-hybridized carbons (Fsp3) is 0.400. The summed E-state index contributed by atoms with van der Waals surface area (Å²) in [7, 11) is 0. The predicted octanol–water partition coefficient (Wildman–Crippen LogP) is 3.75. The van der Waals surface area contributed by atoms with E-state index >= 15 is 0 Å². The molecule has 0 fully saturated rings. The van der Waals surface area contributed by atoms with E-state index in [2.05, 4.69) is 69.8 Å². The first kappa shape index (κ1) is 14.3. The van der Waals surface area contributed by atoms with Crippen molar-refractivity contribution < 1.29 is 0 Å². The SMILES string of the molecule is Cc1ncn(-c2ccc(Br)cc2CNC(C)C)c1C. The summed E-state index contributed by atoms with van der Waals surface area (Å²) in [5, 5.41) is 3.47. The molecule has 0 atom stereocenters. The molecule has 0 unspecified atom stereocenters. The van der Waals surface area contributed by atoms with Crippen LogP contribution in [0, 0.1) is 13.8 Å². The molecule has 102 valence electrons. The van der Waals surface area contributed by atoms with Crippen LogP contribution >= 0.6 is 15.9 Å². The average molecular weight is 322 g/mol. The molecule has 19 heavy (non-hydrogen) atoms. The van der Waals surface area contributed by atoms with Gasteiger partial charge in [-0.15, -0.1) is 0 Å². The third-order valence-electron chi connectivity index (χ3n) is 3.25. The van der Waals surface area contributed by atoms with Crippen LogP contribution in [0.4, 0.5) is 0 Å². The van der Waals surface area contributed by atoms with Crippen molar-refractivity contribution in [2.75, 3.05) is 0 Å². The topological polar surface area (TPSA) is 29.9 Å². The summed E-state index contributed by atoms with van der Waals surface area (Å²) in [6.07, 6.45) is 1.90. The number of hydrogen-bond acceptors (Lipinski definition) is 2. The molecule has 0 amide bonds. The standard InChI is InChI=1S/C15H20BrN3/c1-10(2)17-8-13-7-14(16)5-6-15(13)19-9-18-11(3)12(19)4/h5-7,9-10,17H,8H2,1-4H3. The van der Waals surface area contributed by atoms with Gasteiger partial charge < -0.3 is 9.88 Å². The minimum atomic E-state index is 0.470. The zero-order valence-corrected chi connectivity index (χ0v) is 13.5. The maximum atomic E-state index is 4.38. The molecule has 0 aliphatic heterocycles. The molecule has 0 bridgehead atoms. The van der Waals surface area contributed by atoms with Gasteiger partial charge in [-0.1, -0.05) is 29.8 Å². The van der Waals surface area contributed by atoms with Gasteiger partial charge >= 0.3 is 0 Å². The monoisotopic (exact) mass is 321 g/mol. The van der Waals surface area contributed by atoms with Gasteiger partial charge in [-0.2, -0.15) is 0 Å². The molecule has 3 nitrogen and oxygen atoms in total. The van der Waals surface area contributed by atoms with E-state index in [0.29, 0.717) is 6.04 Å². The molecule has 2 rings (SSSR count). The Kier molecular flexibility index (Phi) is 4.42. The van der Waals surface area contributed by atoms with Crippen LogP contribution in [-0.2, 0) is 6.54 Å². The van der Waals surface area contributed by atoms with E-state index in [1.165, 1.54) is 16.9 Å². The highest BCUT2D eigenvalue weighted by Gasteiger charge is 2.10. The highest BCUT2D eigenvalue weighted by molar-refractivity contribution is 9.10. The van der Waals surface area contributed by atoms with Gasteiger partial charge in [0.2, 0.25) is 0 Å². The molecule has 1 heterocycles. The molecule has 1 N–H and O–H groups in total. The molecule has 0 saturated heterocycles. The zero-order valence-electron chi connectivity index (χ0n) is 11.9. The summed E-state index contributed by atoms with van der Waals surface area (Å²) in [4.78, 5) is 4.38. The molecular formula is C15H20BrN3. The van der Waals surface area contributed by atoms with E-state index in [1.807, 2.05) is 13.3 Å². The van der Waals surface area contributed by atoms with Crippen molar-refractivity contribution >= 4 is 15.9 Å². The van der Waals surface area contributed by atoms with E-state index in [-0.39, 0.29) is 0 Å². The van der Waals surface area contributed by atoms with Crippen molar-refractivity contribution in [3.63, 3.8) is 0 Å². The van der Waals surface area contributed by atoms with Crippen LogP contribution in [0.5, 0.6) is 0 Å². The molecule has 4 heteroatoms. The summed E-state index contributed by atoms with van der Waals surface area (Å²) >= 11 is 3.55. The largest absolute Gasteiger partial charge is 0.310 e. The number of aryl methyl sites for hydroxylation is 1. The van der Waals surface area contributed by atoms with Gasteiger partial charge in [0.05, 0.1) is 17.7 Å². The molecule has 0 radical (unpaired) electrons. The average Bonchev–Trinajstić information content (AvgIpc) is 2.68. The Hall–Kier alpha value is -1.13. The Labute approximate surface area is 123 Å².